The van der Waals surface area contributed by atoms with Crippen LogP contribution >= 0.6 is 0 Å². The largest absolute Gasteiger partial charge is 0.391 e. The van der Waals surface area contributed by atoms with Gasteiger partial charge in [-0.1, -0.05) is 12.1 Å². The molecule has 0 amide bonds. The van der Waals surface area contributed by atoms with Crippen molar-refractivity contribution in [2.24, 2.45) is 14.1 Å². The van der Waals surface area contributed by atoms with Gasteiger partial charge >= 0.3 is 5.69 Å². The number of β-amino-alcohol motifs (C(OH)–C–C–N with tert-alkyl or cyclic N) is 1. The second-order valence-corrected chi connectivity index (χ2v) is 6.13. The van der Waals surface area contributed by atoms with Crippen LogP contribution in [0.5, 0.6) is 0 Å². The minimum Gasteiger partial charge on any atom is -0.391 e. The molecule has 3 rings (SSSR count). The van der Waals surface area contributed by atoms with E-state index in [0.717, 1.165) is 10.1 Å². The molecule has 8 heteroatoms. The van der Waals surface area contributed by atoms with Crippen molar-refractivity contribution in [2.75, 3.05) is 11.4 Å². The number of anilines is 1. The van der Waals surface area contributed by atoms with Gasteiger partial charge in [0.15, 0.2) is 5.56 Å². The first-order valence-corrected chi connectivity index (χ1v) is 7.75. The zero-order valence-electron chi connectivity index (χ0n) is 13.8. The molecule has 0 radical (unpaired) electrons. The summed E-state index contributed by atoms with van der Waals surface area (Å²) in [4.78, 5) is 26.3. The number of hydrogen-bond acceptors (Lipinski definition) is 5. The molecule has 0 saturated carbocycles. The molecule has 1 aliphatic heterocycles. The van der Waals surface area contributed by atoms with Gasteiger partial charge in [0.05, 0.1) is 12.1 Å². The van der Waals surface area contributed by atoms with Crippen LogP contribution in [-0.4, -0.2) is 26.9 Å². The number of rotatable bonds is 2. The third-order valence-electron chi connectivity index (χ3n) is 4.55. The van der Waals surface area contributed by atoms with Crippen molar-refractivity contribution in [3.8, 4) is 6.07 Å². The smallest absolute Gasteiger partial charge is 0.332 e. The third-order valence-corrected chi connectivity index (χ3v) is 4.55. The number of aromatic nitrogens is 2. The van der Waals surface area contributed by atoms with Gasteiger partial charge in [-0.3, -0.25) is 13.9 Å². The molecular formula is C17H17FN4O3. The maximum absolute atomic E-state index is 13.2. The number of hydrogen-bond donors (Lipinski definition) is 1. The van der Waals surface area contributed by atoms with E-state index in [-0.39, 0.29) is 29.8 Å². The van der Waals surface area contributed by atoms with E-state index >= 15 is 0 Å². The summed E-state index contributed by atoms with van der Waals surface area (Å²) in [5.41, 5.74) is -0.668. The lowest BCUT2D eigenvalue weighted by atomic mass is 10.0. The van der Waals surface area contributed by atoms with Crippen molar-refractivity contribution >= 4 is 5.82 Å². The summed E-state index contributed by atoms with van der Waals surface area (Å²) in [6, 6.07) is 7.31. The van der Waals surface area contributed by atoms with Crippen molar-refractivity contribution in [3.63, 3.8) is 0 Å². The molecule has 1 aromatic carbocycles. The van der Waals surface area contributed by atoms with E-state index in [2.05, 4.69) is 0 Å². The molecular weight excluding hydrogens is 327 g/mol. The Morgan fingerprint density at radius 1 is 1.20 bits per heavy atom. The zero-order valence-corrected chi connectivity index (χ0v) is 13.8. The van der Waals surface area contributed by atoms with E-state index in [9.17, 15) is 24.3 Å². The highest BCUT2D eigenvalue weighted by Crippen LogP contribution is 2.36. The van der Waals surface area contributed by atoms with Crippen LogP contribution in [-0.2, 0) is 14.1 Å². The highest BCUT2D eigenvalue weighted by atomic mass is 19.1. The van der Waals surface area contributed by atoms with Gasteiger partial charge in [-0.05, 0) is 24.1 Å². The molecule has 1 aromatic heterocycles. The monoisotopic (exact) mass is 344 g/mol. The van der Waals surface area contributed by atoms with E-state index in [1.165, 1.54) is 30.8 Å². The number of nitrogens with zero attached hydrogens (tertiary/aromatic N) is 4. The van der Waals surface area contributed by atoms with Crippen molar-refractivity contribution in [1.29, 1.82) is 5.26 Å². The fraction of sp³-hybridized carbons (Fsp3) is 0.353. The fourth-order valence-corrected chi connectivity index (χ4v) is 3.32. The number of aliphatic hydroxyl groups excluding tert-OH is 1. The molecule has 2 heterocycles. The summed E-state index contributed by atoms with van der Waals surface area (Å²) in [5.74, 6) is -0.214. The number of nitriles is 1. The van der Waals surface area contributed by atoms with Gasteiger partial charge in [-0.15, -0.1) is 0 Å². The molecule has 0 spiro atoms. The van der Waals surface area contributed by atoms with E-state index in [1.807, 2.05) is 6.07 Å². The Morgan fingerprint density at radius 3 is 2.44 bits per heavy atom. The molecule has 7 nitrogen and oxygen atoms in total. The lowest BCUT2D eigenvalue weighted by Gasteiger charge is -2.29. The summed E-state index contributed by atoms with van der Waals surface area (Å²) in [5, 5.41) is 19.6. The molecule has 1 saturated heterocycles. The van der Waals surface area contributed by atoms with Crippen LogP contribution in [0.3, 0.4) is 0 Å². The first-order valence-electron chi connectivity index (χ1n) is 7.75. The number of benzene rings is 1. The molecule has 130 valence electrons. The van der Waals surface area contributed by atoms with E-state index < -0.39 is 17.4 Å². The normalized spacial score (nSPS) is 19.9. The summed E-state index contributed by atoms with van der Waals surface area (Å²) in [7, 11) is 2.79. The quantitative estimate of drug-likeness (QED) is 0.852. The Hall–Kier alpha value is -2.92. The second-order valence-electron chi connectivity index (χ2n) is 6.13. The Balaban J connectivity index is 2.21. The Kier molecular flexibility index (Phi) is 4.18. The number of aliphatic hydroxyl groups is 1. The molecule has 1 fully saturated rings. The Morgan fingerprint density at radius 2 is 1.84 bits per heavy atom. The van der Waals surface area contributed by atoms with Crippen LogP contribution in [0.25, 0.3) is 0 Å². The van der Waals surface area contributed by atoms with Gasteiger partial charge in [0.25, 0.3) is 5.56 Å². The standard InChI is InChI=1S/C17H17FN4O3/c1-20-15(13(8-19)16(24)21(2)17(20)25)22-9-12(23)7-14(22)10-3-5-11(18)6-4-10/h3-6,12,14,23H,7,9H2,1-2H3/t12-,14+/m0/s1. The van der Waals surface area contributed by atoms with Crippen molar-refractivity contribution in [1.82, 2.24) is 9.13 Å². The highest BCUT2D eigenvalue weighted by molar-refractivity contribution is 5.56. The van der Waals surface area contributed by atoms with Crippen LogP contribution in [0, 0.1) is 17.1 Å². The predicted molar refractivity (Wildman–Crippen MR) is 88.7 cm³/mol. The van der Waals surface area contributed by atoms with Gasteiger partial charge < -0.3 is 10.0 Å². The van der Waals surface area contributed by atoms with Crippen LogP contribution in [0.15, 0.2) is 33.9 Å². The molecule has 0 unspecified atom stereocenters. The molecule has 25 heavy (non-hydrogen) atoms. The minimum absolute atomic E-state index is 0.161. The lowest BCUT2D eigenvalue weighted by Crippen LogP contribution is -2.42. The molecule has 0 aliphatic carbocycles. The topological polar surface area (TPSA) is 91.3 Å². The third kappa shape index (κ3) is 2.72. The SMILES string of the molecule is Cn1c(N2C[C@@H](O)C[C@@H]2c2ccc(F)cc2)c(C#N)c(=O)n(C)c1=O. The maximum Gasteiger partial charge on any atom is 0.332 e. The minimum atomic E-state index is -0.694. The number of halogens is 1. The molecule has 2 aromatic rings. The fourth-order valence-electron chi connectivity index (χ4n) is 3.32. The van der Waals surface area contributed by atoms with Gasteiger partial charge in [-0.2, -0.15) is 5.26 Å². The molecule has 1 aliphatic rings. The summed E-state index contributed by atoms with van der Waals surface area (Å²) in [6.07, 6.45) is -0.347. The van der Waals surface area contributed by atoms with Gasteiger partial charge in [0.1, 0.15) is 17.7 Å². The summed E-state index contributed by atoms with van der Waals surface area (Å²) in [6.45, 7) is 0.164. The summed E-state index contributed by atoms with van der Waals surface area (Å²) >= 11 is 0. The summed E-state index contributed by atoms with van der Waals surface area (Å²) < 4.78 is 15.3. The predicted octanol–water partition coefficient (Wildman–Crippen LogP) is 0.407. The van der Waals surface area contributed by atoms with Gasteiger partial charge in [0.2, 0.25) is 0 Å². The highest BCUT2D eigenvalue weighted by Gasteiger charge is 2.36. The van der Waals surface area contributed by atoms with Crippen LogP contribution in [0.4, 0.5) is 10.2 Å². The first-order chi connectivity index (χ1) is 11.8. The van der Waals surface area contributed by atoms with Gasteiger partial charge in [0, 0.05) is 20.6 Å². The maximum atomic E-state index is 13.2. The van der Waals surface area contributed by atoms with Gasteiger partial charge in [-0.25, -0.2) is 9.18 Å². The van der Waals surface area contributed by atoms with E-state index in [4.69, 9.17) is 0 Å². The van der Waals surface area contributed by atoms with Crippen LogP contribution < -0.4 is 16.1 Å². The Bertz CT molecular complexity index is 972. The first kappa shape index (κ1) is 16.9. The van der Waals surface area contributed by atoms with E-state index in [0.29, 0.717) is 6.42 Å². The van der Waals surface area contributed by atoms with E-state index in [1.54, 1.807) is 17.0 Å². The van der Waals surface area contributed by atoms with Crippen molar-refractivity contribution < 1.29 is 9.50 Å². The van der Waals surface area contributed by atoms with Crippen LogP contribution in [0.1, 0.15) is 23.6 Å². The zero-order chi connectivity index (χ0) is 18.3. The molecule has 0 bridgehead atoms. The Labute approximate surface area is 142 Å². The second kappa shape index (κ2) is 6.18. The average Bonchev–Trinajstić information content (AvgIpc) is 2.98. The molecule has 2 atom stereocenters. The van der Waals surface area contributed by atoms with Crippen LogP contribution in [0.2, 0.25) is 0 Å². The average molecular weight is 344 g/mol. The lowest BCUT2D eigenvalue weighted by molar-refractivity contribution is 0.194. The molecule has 1 N–H and O–H groups in total. The van der Waals surface area contributed by atoms with Crippen molar-refractivity contribution in [2.45, 2.75) is 18.6 Å². The van der Waals surface area contributed by atoms with Crippen molar-refractivity contribution in [3.05, 3.63) is 62.0 Å².